The van der Waals surface area contributed by atoms with E-state index in [0.29, 0.717) is 5.57 Å². The molecule has 0 rings (SSSR count). The van der Waals surface area contributed by atoms with Crippen molar-refractivity contribution in [3.63, 3.8) is 0 Å². The molecule has 0 unspecified atom stereocenters. The van der Waals surface area contributed by atoms with Crippen LogP contribution in [0.5, 0.6) is 0 Å². The molecule has 0 spiro atoms. The Bertz CT molecular complexity index is 133. The number of ether oxygens (including phenoxy) is 1. The van der Waals surface area contributed by atoms with Crippen molar-refractivity contribution in [1.82, 2.24) is 0 Å². The van der Waals surface area contributed by atoms with Gasteiger partial charge in [0.2, 0.25) is 0 Å². The van der Waals surface area contributed by atoms with Gasteiger partial charge in [0.15, 0.2) is 0 Å². The molecule has 2 nitrogen and oxygen atoms in total. The molecule has 10 heavy (non-hydrogen) atoms. The third kappa shape index (κ3) is 15.9. The van der Waals surface area contributed by atoms with Crippen molar-refractivity contribution in [3.8, 4) is 6.07 Å². The Morgan fingerprint density at radius 3 is 2.20 bits per heavy atom. The SMILES string of the molecule is C=C(C#N)CC.C=COC. The van der Waals surface area contributed by atoms with Gasteiger partial charge >= 0.3 is 0 Å². The predicted molar refractivity (Wildman–Crippen MR) is 42.3 cm³/mol. The summed E-state index contributed by atoms with van der Waals surface area (Å²) < 4.78 is 4.31. The molecule has 0 bridgehead atoms. The molecule has 2 heteroatoms. The van der Waals surface area contributed by atoms with Crippen LogP contribution in [0.1, 0.15) is 13.3 Å². The van der Waals surface area contributed by atoms with Crippen LogP contribution in [0.15, 0.2) is 25.0 Å². The van der Waals surface area contributed by atoms with E-state index in [1.54, 1.807) is 7.11 Å². The third-order valence-corrected chi connectivity index (χ3v) is 0.752. The van der Waals surface area contributed by atoms with Crippen molar-refractivity contribution >= 4 is 0 Å². The molecule has 0 aliphatic carbocycles. The van der Waals surface area contributed by atoms with Gasteiger partial charge < -0.3 is 4.74 Å². The maximum atomic E-state index is 7.99. The summed E-state index contributed by atoms with van der Waals surface area (Å²) >= 11 is 0. The van der Waals surface area contributed by atoms with Gasteiger partial charge in [0.25, 0.3) is 0 Å². The predicted octanol–water partition coefficient (Wildman–Crippen LogP) is 2.25. The fourth-order valence-electron chi connectivity index (χ4n) is 0.0791. The molecule has 0 heterocycles. The van der Waals surface area contributed by atoms with Crippen molar-refractivity contribution < 1.29 is 4.74 Å². The first-order chi connectivity index (χ1) is 4.72. The average molecular weight is 139 g/mol. The zero-order valence-corrected chi connectivity index (χ0v) is 6.55. The lowest BCUT2D eigenvalue weighted by atomic mass is 10.3. The van der Waals surface area contributed by atoms with Crippen LogP contribution in [0, 0.1) is 11.3 Å². The Kier molecular flexibility index (Phi) is 12.4. The summed E-state index contributed by atoms with van der Waals surface area (Å²) in [6.07, 6.45) is 2.15. The van der Waals surface area contributed by atoms with Crippen molar-refractivity contribution in [2.45, 2.75) is 13.3 Å². The quantitative estimate of drug-likeness (QED) is 0.434. The summed E-state index contributed by atoms with van der Waals surface area (Å²) in [5.74, 6) is 0. The molecule has 0 aromatic carbocycles. The molecule has 0 radical (unpaired) electrons. The zero-order valence-electron chi connectivity index (χ0n) is 6.55. The van der Waals surface area contributed by atoms with Gasteiger partial charge in [-0.2, -0.15) is 5.26 Å². The molecule has 0 aliphatic rings. The van der Waals surface area contributed by atoms with Crippen LogP contribution in [-0.4, -0.2) is 7.11 Å². The van der Waals surface area contributed by atoms with E-state index < -0.39 is 0 Å². The summed E-state index contributed by atoms with van der Waals surface area (Å²) in [6, 6.07) is 1.92. The number of nitrogens with zero attached hydrogens (tertiary/aromatic N) is 1. The summed E-state index contributed by atoms with van der Waals surface area (Å²) in [5.41, 5.74) is 0.648. The highest BCUT2D eigenvalue weighted by Crippen LogP contribution is 1.89. The summed E-state index contributed by atoms with van der Waals surface area (Å²) in [5, 5.41) is 7.99. The minimum atomic E-state index is 0.648. The van der Waals surface area contributed by atoms with Gasteiger partial charge in [-0.1, -0.05) is 20.1 Å². The van der Waals surface area contributed by atoms with E-state index >= 15 is 0 Å². The lowest BCUT2D eigenvalue weighted by Crippen LogP contribution is -1.64. The lowest BCUT2D eigenvalue weighted by Gasteiger charge is -1.76. The summed E-state index contributed by atoms with van der Waals surface area (Å²) in [4.78, 5) is 0. The van der Waals surface area contributed by atoms with Gasteiger partial charge in [-0.25, -0.2) is 0 Å². The van der Waals surface area contributed by atoms with Crippen LogP contribution >= 0.6 is 0 Å². The number of hydrogen-bond donors (Lipinski definition) is 0. The lowest BCUT2D eigenvalue weighted by molar-refractivity contribution is 0.339. The number of hydrogen-bond acceptors (Lipinski definition) is 2. The first-order valence-corrected chi connectivity index (χ1v) is 2.94. The molecule has 0 aliphatic heterocycles. The Morgan fingerprint density at radius 1 is 1.80 bits per heavy atom. The Morgan fingerprint density at radius 2 is 2.20 bits per heavy atom. The first kappa shape index (κ1) is 11.6. The standard InChI is InChI=1S/C5H7N.C3H6O/c1-3-5(2)4-6;1-3-4-2/h2-3H2,1H3;3H,1H2,2H3. The van der Waals surface area contributed by atoms with Crippen LogP contribution in [0.4, 0.5) is 0 Å². The largest absolute Gasteiger partial charge is 0.505 e. The van der Waals surface area contributed by atoms with Crippen molar-refractivity contribution in [2.24, 2.45) is 0 Å². The van der Waals surface area contributed by atoms with Gasteiger partial charge in [-0.3, -0.25) is 0 Å². The highest BCUT2D eigenvalue weighted by atomic mass is 16.5. The van der Waals surface area contributed by atoms with Crippen LogP contribution < -0.4 is 0 Å². The summed E-state index contributed by atoms with van der Waals surface area (Å²) in [7, 11) is 1.56. The van der Waals surface area contributed by atoms with E-state index in [4.69, 9.17) is 5.26 Å². The minimum Gasteiger partial charge on any atom is -0.505 e. The van der Waals surface area contributed by atoms with Crippen molar-refractivity contribution in [3.05, 3.63) is 25.0 Å². The van der Waals surface area contributed by atoms with E-state index in [1.807, 2.05) is 13.0 Å². The van der Waals surface area contributed by atoms with Gasteiger partial charge in [-0.15, -0.1) is 0 Å². The molecule has 0 saturated carbocycles. The second-order valence-corrected chi connectivity index (χ2v) is 1.47. The second kappa shape index (κ2) is 10.7. The normalized spacial score (nSPS) is 6.10. The molecular formula is C8H13NO. The van der Waals surface area contributed by atoms with Crippen molar-refractivity contribution in [1.29, 1.82) is 5.26 Å². The topological polar surface area (TPSA) is 33.0 Å². The highest BCUT2D eigenvalue weighted by Gasteiger charge is 1.77. The van der Waals surface area contributed by atoms with E-state index in [0.717, 1.165) is 6.42 Å². The van der Waals surface area contributed by atoms with Gasteiger partial charge in [0.05, 0.1) is 19.4 Å². The molecule has 0 aromatic rings. The molecule has 0 N–H and O–H groups in total. The van der Waals surface area contributed by atoms with Gasteiger partial charge in [-0.05, 0) is 6.42 Å². The molecule has 0 saturated heterocycles. The molecule has 0 fully saturated rings. The van der Waals surface area contributed by atoms with Gasteiger partial charge in [0, 0.05) is 5.57 Å². The number of allylic oxidation sites excluding steroid dienone is 1. The van der Waals surface area contributed by atoms with Gasteiger partial charge in [0.1, 0.15) is 0 Å². The average Bonchev–Trinajstić information content (AvgIpc) is 2.03. The fourth-order valence-corrected chi connectivity index (χ4v) is 0.0791. The maximum absolute atomic E-state index is 7.99. The zero-order chi connectivity index (χ0) is 8.41. The molecule has 0 aromatic heterocycles. The van der Waals surface area contributed by atoms with E-state index in [9.17, 15) is 0 Å². The number of rotatable bonds is 2. The Labute approximate surface area is 62.4 Å². The van der Waals surface area contributed by atoms with E-state index in [1.165, 1.54) is 6.26 Å². The van der Waals surface area contributed by atoms with Crippen molar-refractivity contribution in [2.75, 3.05) is 7.11 Å². The van der Waals surface area contributed by atoms with Crippen LogP contribution in [0.25, 0.3) is 0 Å². The second-order valence-electron chi connectivity index (χ2n) is 1.47. The smallest absolute Gasteiger partial charge is 0.0940 e. The highest BCUT2D eigenvalue weighted by molar-refractivity contribution is 5.14. The molecule has 56 valence electrons. The van der Waals surface area contributed by atoms with E-state index in [-0.39, 0.29) is 0 Å². The first-order valence-electron chi connectivity index (χ1n) is 2.94. The van der Waals surface area contributed by atoms with Crippen LogP contribution in [0.2, 0.25) is 0 Å². The molecular weight excluding hydrogens is 126 g/mol. The molecule has 0 amide bonds. The fraction of sp³-hybridized carbons (Fsp3) is 0.375. The maximum Gasteiger partial charge on any atom is 0.0940 e. The van der Waals surface area contributed by atoms with E-state index in [2.05, 4.69) is 17.9 Å². The summed E-state index contributed by atoms with van der Waals surface area (Å²) in [6.45, 7) is 8.60. The third-order valence-electron chi connectivity index (χ3n) is 0.752. The Hall–Kier alpha value is -1.23. The van der Waals surface area contributed by atoms with Crippen LogP contribution in [0.3, 0.4) is 0 Å². The number of methoxy groups -OCH3 is 1. The number of nitriles is 1. The minimum absolute atomic E-state index is 0.648. The molecule has 0 atom stereocenters. The van der Waals surface area contributed by atoms with Crippen LogP contribution in [-0.2, 0) is 4.74 Å². The monoisotopic (exact) mass is 139 g/mol. The Balaban J connectivity index is 0.